The highest BCUT2D eigenvalue weighted by molar-refractivity contribution is 5.70. The van der Waals surface area contributed by atoms with E-state index in [0.717, 1.165) is 12.8 Å². The highest BCUT2D eigenvalue weighted by atomic mass is 16.4. The topological polar surface area (TPSA) is 37.3 Å². The van der Waals surface area contributed by atoms with E-state index in [9.17, 15) is 4.79 Å². The molecule has 2 unspecified atom stereocenters. The third-order valence-electron chi connectivity index (χ3n) is 2.36. The van der Waals surface area contributed by atoms with Gasteiger partial charge in [-0.25, -0.2) is 0 Å². The lowest BCUT2D eigenvalue weighted by Gasteiger charge is -2.22. The van der Waals surface area contributed by atoms with Crippen LogP contribution in [-0.2, 0) is 4.79 Å². The molecular weight excluding hydrogens is 152 g/mol. The molecule has 0 heterocycles. The first-order valence-corrected chi connectivity index (χ1v) is 4.73. The van der Waals surface area contributed by atoms with Gasteiger partial charge in [-0.3, -0.25) is 4.79 Å². The Balaban J connectivity index is 4.19. The minimum absolute atomic E-state index is 0.176. The van der Waals surface area contributed by atoms with Gasteiger partial charge in [-0.15, -0.1) is 0 Å². The monoisotopic (exact) mass is 172 g/mol. The van der Waals surface area contributed by atoms with Gasteiger partial charge in [-0.05, 0) is 11.8 Å². The Morgan fingerprint density at radius 3 is 2.08 bits per heavy atom. The van der Waals surface area contributed by atoms with E-state index in [4.69, 9.17) is 5.11 Å². The van der Waals surface area contributed by atoms with Gasteiger partial charge >= 0.3 is 5.97 Å². The van der Waals surface area contributed by atoms with E-state index in [2.05, 4.69) is 6.92 Å². The minimum atomic E-state index is -0.647. The summed E-state index contributed by atoms with van der Waals surface area (Å²) in [6.07, 6.45) is 2.08. The lowest BCUT2D eigenvalue weighted by molar-refractivity contribution is -0.145. The number of hydrogen-bond donors (Lipinski definition) is 1. The second-order valence-electron chi connectivity index (χ2n) is 3.87. The molecule has 0 bridgehead atoms. The summed E-state index contributed by atoms with van der Waals surface area (Å²) in [6, 6.07) is 0. The maximum Gasteiger partial charge on any atom is 0.307 e. The third kappa shape index (κ3) is 3.24. The molecule has 0 saturated carbocycles. The van der Waals surface area contributed by atoms with Gasteiger partial charge in [-0.2, -0.15) is 0 Å². The molecule has 2 atom stereocenters. The Morgan fingerprint density at radius 2 is 1.83 bits per heavy atom. The first-order valence-electron chi connectivity index (χ1n) is 4.73. The summed E-state index contributed by atoms with van der Waals surface area (Å²) in [4.78, 5) is 10.9. The summed E-state index contributed by atoms with van der Waals surface area (Å²) in [5.41, 5.74) is 0. The first kappa shape index (κ1) is 11.5. The van der Waals surface area contributed by atoms with Crippen LogP contribution in [-0.4, -0.2) is 11.1 Å². The van der Waals surface area contributed by atoms with Gasteiger partial charge in [0, 0.05) is 0 Å². The Morgan fingerprint density at radius 1 is 1.33 bits per heavy atom. The van der Waals surface area contributed by atoms with Crippen molar-refractivity contribution >= 4 is 5.97 Å². The fourth-order valence-electron chi connectivity index (χ4n) is 1.82. The van der Waals surface area contributed by atoms with E-state index < -0.39 is 5.97 Å². The zero-order chi connectivity index (χ0) is 9.72. The van der Waals surface area contributed by atoms with Crippen LogP contribution in [0.3, 0.4) is 0 Å². The van der Waals surface area contributed by atoms with E-state index in [1.54, 1.807) is 0 Å². The summed E-state index contributed by atoms with van der Waals surface area (Å²) in [6.45, 7) is 8.08. The van der Waals surface area contributed by atoms with Crippen molar-refractivity contribution in [2.45, 2.75) is 40.5 Å². The van der Waals surface area contributed by atoms with Crippen LogP contribution < -0.4 is 0 Å². The molecule has 0 saturated heterocycles. The Bertz CT molecular complexity index is 141. The van der Waals surface area contributed by atoms with Gasteiger partial charge in [0.25, 0.3) is 0 Å². The van der Waals surface area contributed by atoms with Crippen molar-refractivity contribution in [3.63, 3.8) is 0 Å². The number of aliphatic carboxylic acids is 1. The van der Waals surface area contributed by atoms with Gasteiger partial charge in [-0.1, -0.05) is 40.5 Å². The molecule has 0 aliphatic heterocycles. The van der Waals surface area contributed by atoms with Crippen LogP contribution in [0, 0.1) is 17.8 Å². The Labute approximate surface area is 75.0 Å². The van der Waals surface area contributed by atoms with Crippen LogP contribution >= 0.6 is 0 Å². The van der Waals surface area contributed by atoms with E-state index in [1.165, 1.54) is 0 Å². The zero-order valence-corrected chi connectivity index (χ0v) is 8.50. The normalized spacial score (nSPS) is 16.1. The zero-order valence-electron chi connectivity index (χ0n) is 8.50. The maximum atomic E-state index is 10.9. The molecule has 0 rings (SSSR count). The van der Waals surface area contributed by atoms with Gasteiger partial charge in [0.1, 0.15) is 0 Å². The third-order valence-corrected chi connectivity index (χ3v) is 2.36. The summed E-state index contributed by atoms with van der Waals surface area (Å²) in [5.74, 6) is -0.285. The average molecular weight is 172 g/mol. The molecule has 0 radical (unpaired) electrons. The molecule has 0 aromatic carbocycles. The Kier molecular flexibility index (Phi) is 4.95. The summed E-state index contributed by atoms with van der Waals surface area (Å²) in [5, 5.41) is 8.94. The van der Waals surface area contributed by atoms with Crippen molar-refractivity contribution in [1.29, 1.82) is 0 Å². The van der Waals surface area contributed by atoms with Crippen molar-refractivity contribution in [3.05, 3.63) is 0 Å². The molecule has 0 spiro atoms. The molecule has 0 fully saturated rings. The van der Waals surface area contributed by atoms with Crippen LogP contribution in [0.4, 0.5) is 0 Å². The quantitative estimate of drug-likeness (QED) is 0.692. The molecule has 12 heavy (non-hydrogen) atoms. The molecule has 1 N–H and O–H groups in total. The molecule has 2 heteroatoms. The van der Waals surface area contributed by atoms with Gasteiger partial charge in [0.15, 0.2) is 0 Å². The van der Waals surface area contributed by atoms with Crippen LogP contribution in [0.5, 0.6) is 0 Å². The van der Waals surface area contributed by atoms with Crippen LogP contribution in [0.2, 0.25) is 0 Å². The molecule has 2 nitrogen and oxygen atoms in total. The smallest absolute Gasteiger partial charge is 0.307 e. The fourth-order valence-corrected chi connectivity index (χ4v) is 1.82. The summed E-state index contributed by atoms with van der Waals surface area (Å²) < 4.78 is 0. The first-order chi connectivity index (χ1) is 5.50. The predicted octanol–water partition coefficient (Wildman–Crippen LogP) is 2.78. The van der Waals surface area contributed by atoms with Crippen molar-refractivity contribution in [2.24, 2.45) is 17.8 Å². The Hall–Kier alpha value is -0.530. The molecular formula is C10H20O2. The lowest BCUT2D eigenvalue weighted by Crippen LogP contribution is -2.26. The van der Waals surface area contributed by atoms with E-state index in [1.807, 2.05) is 20.8 Å². The molecule has 72 valence electrons. The maximum absolute atomic E-state index is 10.9. The molecule has 0 aliphatic rings. The van der Waals surface area contributed by atoms with Crippen LogP contribution in [0.15, 0.2) is 0 Å². The van der Waals surface area contributed by atoms with Crippen LogP contribution in [0.25, 0.3) is 0 Å². The molecule has 0 aromatic rings. The molecule has 0 amide bonds. The highest BCUT2D eigenvalue weighted by Crippen LogP contribution is 2.24. The van der Waals surface area contributed by atoms with E-state index >= 15 is 0 Å². The second kappa shape index (κ2) is 5.18. The number of rotatable bonds is 5. The summed E-state index contributed by atoms with van der Waals surface area (Å²) in [7, 11) is 0. The van der Waals surface area contributed by atoms with E-state index in [0.29, 0.717) is 5.92 Å². The lowest BCUT2D eigenvalue weighted by atomic mass is 9.82. The van der Waals surface area contributed by atoms with Crippen molar-refractivity contribution in [1.82, 2.24) is 0 Å². The highest BCUT2D eigenvalue weighted by Gasteiger charge is 2.26. The molecule has 0 aliphatic carbocycles. The average Bonchev–Trinajstić information content (AvgIpc) is 1.85. The summed E-state index contributed by atoms with van der Waals surface area (Å²) >= 11 is 0. The molecule has 0 aromatic heterocycles. The van der Waals surface area contributed by atoms with Crippen LogP contribution in [0.1, 0.15) is 40.5 Å². The van der Waals surface area contributed by atoms with Crippen molar-refractivity contribution in [2.75, 3.05) is 0 Å². The largest absolute Gasteiger partial charge is 0.481 e. The standard InChI is InChI=1S/C10H20O2/c1-5-6-8(4)9(7(2)3)10(11)12/h7-9H,5-6H2,1-4H3,(H,11,12). The van der Waals surface area contributed by atoms with Crippen molar-refractivity contribution < 1.29 is 9.90 Å². The van der Waals surface area contributed by atoms with Gasteiger partial charge in [0.05, 0.1) is 5.92 Å². The number of carboxylic acid groups (broad SMARTS) is 1. The fraction of sp³-hybridized carbons (Fsp3) is 0.900. The van der Waals surface area contributed by atoms with E-state index in [-0.39, 0.29) is 11.8 Å². The predicted molar refractivity (Wildman–Crippen MR) is 50.0 cm³/mol. The number of hydrogen-bond acceptors (Lipinski definition) is 1. The van der Waals surface area contributed by atoms with Gasteiger partial charge < -0.3 is 5.11 Å². The van der Waals surface area contributed by atoms with Crippen molar-refractivity contribution in [3.8, 4) is 0 Å². The minimum Gasteiger partial charge on any atom is -0.481 e. The van der Waals surface area contributed by atoms with Gasteiger partial charge in [0.2, 0.25) is 0 Å². The second-order valence-corrected chi connectivity index (χ2v) is 3.87. The number of carboxylic acids is 1. The SMILES string of the molecule is CCCC(C)C(C(=O)O)C(C)C. The number of carbonyl (C=O) groups is 1.